The van der Waals surface area contributed by atoms with Gasteiger partial charge in [-0.1, -0.05) is 6.42 Å². The van der Waals surface area contributed by atoms with Crippen LogP contribution in [0.1, 0.15) is 54.2 Å². The van der Waals surface area contributed by atoms with Crippen molar-refractivity contribution in [3.8, 4) is 0 Å². The Labute approximate surface area is 149 Å². The van der Waals surface area contributed by atoms with Crippen LogP contribution in [0.25, 0.3) is 0 Å². The quantitative estimate of drug-likeness (QED) is 0.877. The first-order valence-electron chi connectivity index (χ1n) is 9.69. The number of aliphatic hydroxyl groups excluding tert-OH is 1. The van der Waals surface area contributed by atoms with Crippen molar-refractivity contribution in [3.05, 3.63) is 23.8 Å². The molecule has 0 spiro atoms. The van der Waals surface area contributed by atoms with E-state index in [0.717, 1.165) is 44.8 Å². The SMILES string of the molecule is O=C(c1cnc(C2CC2)nc1)N1C[C@@H](CN2CCCCC2)[C@@H](CO)C1. The summed E-state index contributed by atoms with van der Waals surface area (Å²) >= 11 is 0. The van der Waals surface area contributed by atoms with Crippen LogP contribution >= 0.6 is 0 Å². The molecule has 1 aliphatic carbocycles. The van der Waals surface area contributed by atoms with Gasteiger partial charge in [0, 0.05) is 50.5 Å². The number of hydrogen-bond acceptors (Lipinski definition) is 5. The molecule has 1 aromatic rings. The maximum Gasteiger partial charge on any atom is 0.257 e. The second-order valence-corrected chi connectivity index (χ2v) is 7.88. The molecule has 0 unspecified atom stereocenters. The van der Waals surface area contributed by atoms with Crippen LogP contribution in [0.5, 0.6) is 0 Å². The monoisotopic (exact) mass is 344 g/mol. The van der Waals surface area contributed by atoms with E-state index < -0.39 is 0 Å². The van der Waals surface area contributed by atoms with Crippen molar-refractivity contribution in [1.29, 1.82) is 0 Å². The largest absolute Gasteiger partial charge is 0.396 e. The number of amides is 1. The molecule has 25 heavy (non-hydrogen) atoms. The van der Waals surface area contributed by atoms with Crippen LogP contribution in [0.15, 0.2) is 12.4 Å². The van der Waals surface area contributed by atoms with Crippen molar-refractivity contribution in [2.45, 2.75) is 38.0 Å². The van der Waals surface area contributed by atoms with Crippen molar-refractivity contribution in [3.63, 3.8) is 0 Å². The highest BCUT2D eigenvalue weighted by Crippen LogP contribution is 2.37. The number of aromatic nitrogens is 2. The topological polar surface area (TPSA) is 69.6 Å². The molecule has 3 aliphatic rings. The molecule has 0 bridgehead atoms. The summed E-state index contributed by atoms with van der Waals surface area (Å²) in [5.74, 6) is 1.91. The van der Waals surface area contributed by atoms with Gasteiger partial charge in [-0.05, 0) is 44.7 Å². The van der Waals surface area contributed by atoms with Gasteiger partial charge in [0.1, 0.15) is 5.82 Å². The van der Waals surface area contributed by atoms with E-state index in [1.165, 1.54) is 19.3 Å². The molecular formula is C19H28N4O2. The molecule has 3 fully saturated rings. The summed E-state index contributed by atoms with van der Waals surface area (Å²) in [6.07, 6.45) is 9.54. The first-order valence-corrected chi connectivity index (χ1v) is 9.69. The number of carbonyl (C=O) groups is 1. The van der Waals surface area contributed by atoms with Gasteiger partial charge in [0.05, 0.1) is 5.56 Å². The third-order valence-electron chi connectivity index (χ3n) is 5.90. The zero-order chi connectivity index (χ0) is 17.2. The third-order valence-corrected chi connectivity index (χ3v) is 5.90. The van der Waals surface area contributed by atoms with E-state index in [2.05, 4.69) is 14.9 Å². The Morgan fingerprint density at radius 3 is 2.40 bits per heavy atom. The Kier molecular flexibility index (Phi) is 4.99. The summed E-state index contributed by atoms with van der Waals surface area (Å²) in [6, 6.07) is 0. The number of nitrogens with zero attached hydrogens (tertiary/aromatic N) is 4. The van der Waals surface area contributed by atoms with Gasteiger partial charge in [-0.15, -0.1) is 0 Å². The molecule has 0 aromatic carbocycles. The molecular weight excluding hydrogens is 316 g/mol. The first kappa shape index (κ1) is 16.9. The van der Waals surface area contributed by atoms with E-state index in [0.29, 0.717) is 23.9 Å². The second kappa shape index (κ2) is 7.38. The summed E-state index contributed by atoms with van der Waals surface area (Å²) in [4.78, 5) is 25.9. The van der Waals surface area contributed by atoms with Gasteiger partial charge in [0.25, 0.3) is 5.91 Å². The van der Waals surface area contributed by atoms with Crippen molar-refractivity contribution < 1.29 is 9.90 Å². The zero-order valence-corrected chi connectivity index (χ0v) is 14.8. The van der Waals surface area contributed by atoms with Crippen molar-refractivity contribution in [2.75, 3.05) is 39.3 Å². The molecule has 136 valence electrons. The van der Waals surface area contributed by atoms with Crippen molar-refractivity contribution >= 4 is 5.91 Å². The maximum atomic E-state index is 12.8. The van der Waals surface area contributed by atoms with Crippen LogP contribution in [0.4, 0.5) is 0 Å². The third kappa shape index (κ3) is 3.85. The number of aliphatic hydroxyl groups is 1. The summed E-state index contributed by atoms with van der Waals surface area (Å²) in [5, 5.41) is 9.76. The maximum absolute atomic E-state index is 12.8. The average Bonchev–Trinajstić information content (AvgIpc) is 3.43. The molecule has 1 aromatic heterocycles. The van der Waals surface area contributed by atoms with E-state index in [4.69, 9.17) is 0 Å². The van der Waals surface area contributed by atoms with Crippen molar-refractivity contribution in [1.82, 2.24) is 19.8 Å². The zero-order valence-electron chi connectivity index (χ0n) is 14.8. The molecule has 3 heterocycles. The highest BCUT2D eigenvalue weighted by atomic mass is 16.3. The summed E-state index contributed by atoms with van der Waals surface area (Å²) < 4.78 is 0. The van der Waals surface area contributed by atoms with Crippen LogP contribution in [-0.2, 0) is 0 Å². The summed E-state index contributed by atoms with van der Waals surface area (Å²) in [7, 11) is 0. The Hall–Kier alpha value is -1.53. The number of carbonyl (C=O) groups excluding carboxylic acids is 1. The Bertz CT molecular complexity index is 596. The van der Waals surface area contributed by atoms with E-state index >= 15 is 0 Å². The average molecular weight is 344 g/mol. The number of likely N-dealkylation sites (tertiary alicyclic amines) is 2. The fourth-order valence-electron chi connectivity index (χ4n) is 4.18. The molecule has 6 nitrogen and oxygen atoms in total. The van der Waals surface area contributed by atoms with Gasteiger partial charge >= 0.3 is 0 Å². The minimum atomic E-state index is 0.00180. The minimum absolute atomic E-state index is 0.00180. The van der Waals surface area contributed by atoms with Gasteiger partial charge in [0.2, 0.25) is 0 Å². The van der Waals surface area contributed by atoms with Crippen LogP contribution in [0.2, 0.25) is 0 Å². The van der Waals surface area contributed by atoms with Crippen LogP contribution in [0, 0.1) is 11.8 Å². The van der Waals surface area contributed by atoms with Gasteiger partial charge in [-0.3, -0.25) is 4.79 Å². The molecule has 4 rings (SSSR count). The highest BCUT2D eigenvalue weighted by Gasteiger charge is 2.36. The first-order chi connectivity index (χ1) is 12.2. The standard InChI is InChI=1S/C19H28N4O2/c24-13-17-12-23(11-16(17)10-22-6-2-1-3-7-22)19(25)15-8-20-18(21-9-15)14-4-5-14/h8-9,14,16-17,24H,1-7,10-13H2/t16-,17-/m1/s1. The summed E-state index contributed by atoms with van der Waals surface area (Å²) in [6.45, 7) is 4.81. The van der Waals surface area contributed by atoms with Crippen LogP contribution < -0.4 is 0 Å². The normalized spacial score (nSPS) is 27.6. The van der Waals surface area contributed by atoms with E-state index in [9.17, 15) is 9.90 Å². The molecule has 1 saturated carbocycles. The molecule has 1 N–H and O–H groups in total. The Morgan fingerprint density at radius 2 is 1.76 bits per heavy atom. The number of piperidine rings is 1. The second-order valence-electron chi connectivity index (χ2n) is 7.88. The van der Waals surface area contributed by atoms with Crippen LogP contribution in [0.3, 0.4) is 0 Å². The number of rotatable bonds is 5. The predicted molar refractivity (Wildman–Crippen MR) is 94.3 cm³/mol. The molecule has 2 saturated heterocycles. The fraction of sp³-hybridized carbons (Fsp3) is 0.737. The lowest BCUT2D eigenvalue weighted by Gasteiger charge is -2.30. The lowest BCUT2D eigenvalue weighted by Crippen LogP contribution is -2.37. The fourth-order valence-corrected chi connectivity index (χ4v) is 4.18. The molecule has 2 aliphatic heterocycles. The Balaban J connectivity index is 1.38. The van der Waals surface area contributed by atoms with Gasteiger partial charge < -0.3 is 14.9 Å². The van der Waals surface area contributed by atoms with Crippen LogP contribution in [-0.4, -0.2) is 70.1 Å². The van der Waals surface area contributed by atoms with Crippen molar-refractivity contribution in [2.24, 2.45) is 11.8 Å². The Morgan fingerprint density at radius 1 is 1.08 bits per heavy atom. The number of hydrogen-bond donors (Lipinski definition) is 1. The van der Waals surface area contributed by atoms with E-state index in [1.807, 2.05) is 4.90 Å². The molecule has 0 radical (unpaired) electrons. The molecule has 1 amide bonds. The summed E-state index contributed by atoms with van der Waals surface area (Å²) in [5.41, 5.74) is 0.569. The lowest BCUT2D eigenvalue weighted by molar-refractivity contribution is 0.0777. The molecule has 2 atom stereocenters. The van der Waals surface area contributed by atoms with E-state index in [-0.39, 0.29) is 18.4 Å². The van der Waals surface area contributed by atoms with E-state index in [1.54, 1.807) is 12.4 Å². The highest BCUT2D eigenvalue weighted by molar-refractivity contribution is 5.93. The lowest BCUT2D eigenvalue weighted by atomic mass is 9.95. The predicted octanol–water partition coefficient (Wildman–Crippen LogP) is 1.52. The minimum Gasteiger partial charge on any atom is -0.396 e. The smallest absolute Gasteiger partial charge is 0.257 e. The van der Waals surface area contributed by atoms with Gasteiger partial charge in [-0.25, -0.2) is 9.97 Å². The van der Waals surface area contributed by atoms with Gasteiger partial charge in [-0.2, -0.15) is 0 Å². The molecule has 6 heteroatoms. The van der Waals surface area contributed by atoms with Gasteiger partial charge in [0.15, 0.2) is 0 Å².